The van der Waals surface area contributed by atoms with E-state index in [-0.39, 0.29) is 11.4 Å². The lowest BCUT2D eigenvalue weighted by Gasteiger charge is -2.25. The van der Waals surface area contributed by atoms with Gasteiger partial charge < -0.3 is 14.8 Å². The molecule has 114 valence electrons. The summed E-state index contributed by atoms with van der Waals surface area (Å²) in [6.45, 7) is 8.68. The minimum atomic E-state index is 0.0307. The first-order chi connectivity index (χ1) is 9.97. The van der Waals surface area contributed by atoms with Crippen molar-refractivity contribution in [2.75, 3.05) is 13.1 Å². The molecular formula is C17H25N3O. The highest BCUT2D eigenvalue weighted by atomic mass is 16.2. The highest BCUT2D eigenvalue weighted by molar-refractivity contribution is 5.95. The number of carbonyl (C=O) groups excluding carboxylic acids is 1. The smallest absolute Gasteiger partial charge is 0.255 e. The average molecular weight is 287 g/mol. The third kappa shape index (κ3) is 1.88. The zero-order chi connectivity index (χ0) is 14.8. The van der Waals surface area contributed by atoms with Gasteiger partial charge in [0.15, 0.2) is 0 Å². The highest BCUT2D eigenvalue weighted by Gasteiger charge is 2.56. The van der Waals surface area contributed by atoms with E-state index >= 15 is 0 Å². The molecule has 21 heavy (non-hydrogen) atoms. The van der Waals surface area contributed by atoms with Crippen LogP contribution in [0.25, 0.3) is 0 Å². The van der Waals surface area contributed by atoms with Gasteiger partial charge in [-0.1, -0.05) is 0 Å². The van der Waals surface area contributed by atoms with Gasteiger partial charge in [0.2, 0.25) is 0 Å². The van der Waals surface area contributed by atoms with Crippen LogP contribution in [-0.4, -0.2) is 40.5 Å². The van der Waals surface area contributed by atoms with Crippen molar-refractivity contribution in [2.24, 2.45) is 11.8 Å². The molecule has 3 fully saturated rings. The summed E-state index contributed by atoms with van der Waals surface area (Å²) in [6.07, 6.45) is 6.44. The van der Waals surface area contributed by atoms with Crippen LogP contribution in [0, 0.1) is 11.8 Å². The van der Waals surface area contributed by atoms with Crippen molar-refractivity contribution in [1.82, 2.24) is 14.8 Å². The van der Waals surface area contributed by atoms with Crippen LogP contribution in [0.5, 0.6) is 0 Å². The third-order valence-corrected chi connectivity index (χ3v) is 5.72. The molecule has 4 heterocycles. The maximum atomic E-state index is 13.0. The summed E-state index contributed by atoms with van der Waals surface area (Å²) in [5.41, 5.74) is 0.887. The molecule has 3 saturated heterocycles. The van der Waals surface area contributed by atoms with E-state index in [1.165, 1.54) is 12.8 Å². The van der Waals surface area contributed by atoms with Crippen LogP contribution < -0.4 is 5.32 Å². The van der Waals surface area contributed by atoms with Crippen LogP contribution in [0.4, 0.5) is 0 Å². The lowest BCUT2D eigenvalue weighted by Crippen LogP contribution is -2.39. The van der Waals surface area contributed by atoms with Crippen molar-refractivity contribution >= 4 is 5.91 Å². The van der Waals surface area contributed by atoms with Crippen LogP contribution in [-0.2, 0) is 5.54 Å². The lowest BCUT2D eigenvalue weighted by molar-refractivity contribution is 0.0709. The number of rotatable bonds is 1. The van der Waals surface area contributed by atoms with Crippen LogP contribution in [0.1, 0.15) is 44.0 Å². The minimum Gasteiger partial charge on any atom is -0.348 e. The molecule has 0 spiro atoms. The van der Waals surface area contributed by atoms with E-state index in [1.54, 1.807) is 0 Å². The van der Waals surface area contributed by atoms with Crippen molar-refractivity contribution < 1.29 is 4.79 Å². The van der Waals surface area contributed by atoms with E-state index in [0.717, 1.165) is 18.7 Å². The zero-order valence-corrected chi connectivity index (χ0v) is 13.2. The monoisotopic (exact) mass is 287 g/mol. The van der Waals surface area contributed by atoms with E-state index < -0.39 is 0 Å². The van der Waals surface area contributed by atoms with Crippen molar-refractivity contribution in [3.8, 4) is 0 Å². The van der Waals surface area contributed by atoms with Crippen molar-refractivity contribution in [3.05, 3.63) is 24.0 Å². The predicted molar refractivity (Wildman–Crippen MR) is 82.3 cm³/mol. The normalized spacial score (nSPS) is 34.5. The molecule has 0 radical (unpaired) electrons. The van der Waals surface area contributed by atoms with Crippen molar-refractivity contribution in [2.45, 2.75) is 51.2 Å². The molecule has 2 bridgehead atoms. The molecule has 3 aliphatic heterocycles. The van der Waals surface area contributed by atoms with Crippen LogP contribution >= 0.6 is 0 Å². The Morgan fingerprint density at radius 1 is 1.19 bits per heavy atom. The Kier molecular flexibility index (Phi) is 2.77. The molecule has 4 heteroatoms. The molecule has 0 aromatic carbocycles. The summed E-state index contributed by atoms with van der Waals surface area (Å²) in [5.74, 6) is 1.63. The number of hydrogen-bond donors (Lipinski definition) is 1. The quantitative estimate of drug-likeness (QED) is 0.858. The van der Waals surface area contributed by atoms with Gasteiger partial charge in [-0.3, -0.25) is 4.79 Å². The van der Waals surface area contributed by atoms with E-state index in [1.807, 2.05) is 18.5 Å². The summed E-state index contributed by atoms with van der Waals surface area (Å²) >= 11 is 0. The molecule has 0 saturated carbocycles. The largest absolute Gasteiger partial charge is 0.348 e. The number of fused-ring (bicyclic) bond motifs is 5. The first-order valence-electron chi connectivity index (χ1n) is 8.18. The fraction of sp³-hybridized carbons (Fsp3) is 0.706. The maximum Gasteiger partial charge on any atom is 0.255 e. The maximum absolute atomic E-state index is 13.0. The van der Waals surface area contributed by atoms with E-state index in [2.05, 4.69) is 35.6 Å². The van der Waals surface area contributed by atoms with Gasteiger partial charge in [0.1, 0.15) is 0 Å². The summed E-state index contributed by atoms with van der Waals surface area (Å²) in [7, 11) is 0. The molecule has 1 aromatic rings. The average Bonchev–Trinajstić information content (AvgIpc) is 3.18. The van der Waals surface area contributed by atoms with Crippen LogP contribution in [0.15, 0.2) is 18.5 Å². The highest BCUT2D eigenvalue weighted by Crippen LogP contribution is 2.47. The number of aromatic nitrogens is 1. The molecule has 3 aliphatic rings. The van der Waals surface area contributed by atoms with E-state index in [0.29, 0.717) is 23.9 Å². The molecule has 4 nitrogen and oxygen atoms in total. The number of nitrogens with one attached hydrogen (secondary N) is 1. The second kappa shape index (κ2) is 4.35. The summed E-state index contributed by atoms with van der Waals surface area (Å²) in [5, 5.41) is 3.51. The Hall–Kier alpha value is -1.29. The van der Waals surface area contributed by atoms with Gasteiger partial charge in [0, 0.05) is 43.1 Å². The number of amides is 1. The fourth-order valence-electron chi connectivity index (χ4n) is 4.66. The Morgan fingerprint density at radius 2 is 1.81 bits per heavy atom. The summed E-state index contributed by atoms with van der Waals surface area (Å²) < 4.78 is 2.14. The predicted octanol–water partition coefficient (Wildman–Crippen LogP) is 2.07. The van der Waals surface area contributed by atoms with Gasteiger partial charge in [-0.05, 0) is 51.5 Å². The van der Waals surface area contributed by atoms with E-state index in [4.69, 9.17) is 0 Å². The van der Waals surface area contributed by atoms with Gasteiger partial charge in [0.25, 0.3) is 5.91 Å². The lowest BCUT2D eigenvalue weighted by atomic mass is 9.82. The standard InChI is InChI=1S/C17H25N3O/c1-17(2,3)19-7-6-11(10-19)16(21)20-14-4-5-15(20)13-9-18-8-12(13)14/h6-7,10,12-15,18H,4-5,8-9H2,1-3H3/t12-,13+,14-,15+. The molecule has 0 aliphatic carbocycles. The summed E-state index contributed by atoms with van der Waals surface area (Å²) in [4.78, 5) is 15.2. The van der Waals surface area contributed by atoms with Gasteiger partial charge in [0.05, 0.1) is 5.56 Å². The first-order valence-corrected chi connectivity index (χ1v) is 8.18. The summed E-state index contributed by atoms with van der Waals surface area (Å²) in [6, 6.07) is 2.93. The number of carbonyl (C=O) groups is 1. The van der Waals surface area contributed by atoms with E-state index in [9.17, 15) is 4.79 Å². The fourth-order valence-corrected chi connectivity index (χ4v) is 4.66. The van der Waals surface area contributed by atoms with Gasteiger partial charge in [-0.15, -0.1) is 0 Å². The van der Waals surface area contributed by atoms with Gasteiger partial charge in [-0.2, -0.15) is 0 Å². The molecule has 4 atom stereocenters. The molecule has 0 unspecified atom stereocenters. The Labute approximate surface area is 126 Å². The first kappa shape index (κ1) is 13.4. The molecule has 1 amide bonds. The van der Waals surface area contributed by atoms with Crippen molar-refractivity contribution in [3.63, 3.8) is 0 Å². The van der Waals surface area contributed by atoms with Gasteiger partial charge in [-0.25, -0.2) is 0 Å². The number of hydrogen-bond acceptors (Lipinski definition) is 2. The van der Waals surface area contributed by atoms with Gasteiger partial charge >= 0.3 is 0 Å². The molecule has 4 rings (SSSR count). The Bertz CT molecular complexity index is 553. The van der Waals surface area contributed by atoms with Crippen molar-refractivity contribution in [1.29, 1.82) is 0 Å². The van der Waals surface area contributed by atoms with Crippen LogP contribution in [0.2, 0.25) is 0 Å². The second-order valence-electron chi connectivity index (χ2n) is 7.89. The zero-order valence-electron chi connectivity index (χ0n) is 13.2. The third-order valence-electron chi connectivity index (χ3n) is 5.72. The molecule has 1 N–H and O–H groups in total. The minimum absolute atomic E-state index is 0.0307. The molecule has 1 aromatic heterocycles. The Balaban J connectivity index is 1.60. The Morgan fingerprint density at radius 3 is 2.33 bits per heavy atom. The topological polar surface area (TPSA) is 37.3 Å². The second-order valence-corrected chi connectivity index (χ2v) is 7.89. The SMILES string of the molecule is CC(C)(C)n1ccc(C(=O)N2[C@@H]3CC[C@H]2[C@H]2CNC[C@H]23)c1. The molecular weight excluding hydrogens is 262 g/mol. The number of nitrogens with zero attached hydrogens (tertiary/aromatic N) is 2. The van der Waals surface area contributed by atoms with Crippen LogP contribution in [0.3, 0.4) is 0 Å².